The van der Waals surface area contributed by atoms with E-state index in [-0.39, 0.29) is 5.91 Å². The van der Waals surface area contributed by atoms with Crippen LogP contribution >= 0.6 is 0 Å². The number of carbonyl (C=O) groups is 1. The lowest BCUT2D eigenvalue weighted by Crippen LogP contribution is -2.18. The van der Waals surface area contributed by atoms with Gasteiger partial charge in [-0.05, 0) is 61.7 Å². The molecule has 3 heterocycles. The number of carbonyl (C=O) groups excluding carboxylic acids is 1. The topological polar surface area (TPSA) is 89.1 Å². The standard InChI is InChI=1S/C28H30N6O/c1-18(2)28(35)32-22-12-10-21(11-13-22)25-23(24-26(29)30-17-31-27(24)33(25)3)20-8-6-19(7-9-20)16-34-14-4-5-15-34/h6-13,17H,1,4-5,14-16H2,2-3H3,(H,32,35)(H2,29,30,31). The van der Waals surface area contributed by atoms with Crippen LogP contribution in [0, 0.1) is 0 Å². The van der Waals surface area contributed by atoms with Crippen molar-refractivity contribution in [3.8, 4) is 22.4 Å². The summed E-state index contributed by atoms with van der Waals surface area (Å²) >= 11 is 0. The maximum Gasteiger partial charge on any atom is 0.250 e. The van der Waals surface area contributed by atoms with E-state index in [1.165, 1.54) is 37.8 Å². The SMILES string of the molecule is C=C(C)C(=O)Nc1ccc(-c2c(-c3ccc(CN4CCCC4)cc3)c3c(N)ncnc3n2C)cc1. The van der Waals surface area contributed by atoms with Crippen molar-refractivity contribution >= 4 is 28.4 Å². The molecule has 1 aliphatic rings. The third kappa shape index (κ3) is 4.42. The molecule has 0 aliphatic carbocycles. The number of rotatable bonds is 6. The Morgan fingerprint density at radius 1 is 1.03 bits per heavy atom. The summed E-state index contributed by atoms with van der Waals surface area (Å²) < 4.78 is 2.06. The van der Waals surface area contributed by atoms with Gasteiger partial charge in [-0.1, -0.05) is 43.0 Å². The predicted octanol–water partition coefficient (Wildman–Crippen LogP) is 4.99. The highest BCUT2D eigenvalue weighted by atomic mass is 16.1. The van der Waals surface area contributed by atoms with E-state index in [9.17, 15) is 4.79 Å². The number of aromatic nitrogens is 3. The highest BCUT2D eigenvalue weighted by Gasteiger charge is 2.22. The van der Waals surface area contributed by atoms with Gasteiger partial charge in [0.15, 0.2) is 0 Å². The van der Waals surface area contributed by atoms with Gasteiger partial charge in [0, 0.05) is 30.4 Å². The number of anilines is 2. The van der Waals surface area contributed by atoms with Crippen molar-refractivity contribution in [3.63, 3.8) is 0 Å². The van der Waals surface area contributed by atoms with Gasteiger partial charge in [0.1, 0.15) is 17.8 Å². The number of hydrogen-bond donors (Lipinski definition) is 2. The van der Waals surface area contributed by atoms with Crippen LogP contribution < -0.4 is 11.1 Å². The normalized spacial score (nSPS) is 13.9. The molecule has 2 aromatic heterocycles. The van der Waals surface area contributed by atoms with Crippen LogP contribution in [-0.2, 0) is 18.4 Å². The van der Waals surface area contributed by atoms with Gasteiger partial charge >= 0.3 is 0 Å². The van der Waals surface area contributed by atoms with Crippen molar-refractivity contribution in [1.29, 1.82) is 0 Å². The summed E-state index contributed by atoms with van der Waals surface area (Å²) in [4.78, 5) is 23.3. The zero-order chi connectivity index (χ0) is 24.5. The molecule has 1 fully saturated rings. The number of fused-ring (bicyclic) bond motifs is 1. The molecular weight excluding hydrogens is 436 g/mol. The average molecular weight is 467 g/mol. The van der Waals surface area contributed by atoms with E-state index in [1.54, 1.807) is 6.92 Å². The van der Waals surface area contributed by atoms with Crippen LogP contribution in [0.2, 0.25) is 0 Å². The molecule has 178 valence electrons. The predicted molar refractivity (Wildman–Crippen MR) is 142 cm³/mol. The van der Waals surface area contributed by atoms with E-state index in [0.717, 1.165) is 40.0 Å². The maximum absolute atomic E-state index is 12.0. The van der Waals surface area contributed by atoms with E-state index in [2.05, 4.69) is 55.6 Å². The number of nitrogens with two attached hydrogens (primary N) is 1. The van der Waals surface area contributed by atoms with Crippen LogP contribution in [0.1, 0.15) is 25.3 Å². The first kappa shape index (κ1) is 22.8. The molecule has 7 nitrogen and oxygen atoms in total. The molecule has 3 N–H and O–H groups in total. The Kier molecular flexibility index (Phi) is 6.09. The minimum absolute atomic E-state index is 0.194. The second kappa shape index (κ2) is 9.35. The lowest BCUT2D eigenvalue weighted by molar-refractivity contribution is -0.112. The highest BCUT2D eigenvalue weighted by Crippen LogP contribution is 2.41. The third-order valence-corrected chi connectivity index (χ3v) is 6.65. The van der Waals surface area contributed by atoms with Crippen molar-refractivity contribution in [1.82, 2.24) is 19.4 Å². The Balaban J connectivity index is 1.57. The van der Waals surface area contributed by atoms with Gasteiger partial charge in [-0.2, -0.15) is 0 Å². The fourth-order valence-electron chi connectivity index (χ4n) is 4.82. The van der Waals surface area contributed by atoms with Gasteiger partial charge in [-0.25, -0.2) is 9.97 Å². The van der Waals surface area contributed by atoms with Crippen molar-refractivity contribution in [2.45, 2.75) is 26.3 Å². The van der Waals surface area contributed by atoms with Gasteiger partial charge in [0.2, 0.25) is 0 Å². The van der Waals surface area contributed by atoms with Crippen LogP contribution in [0.15, 0.2) is 67.0 Å². The Labute approximate surface area is 205 Å². The molecule has 0 radical (unpaired) electrons. The fourth-order valence-corrected chi connectivity index (χ4v) is 4.82. The Morgan fingerprint density at radius 2 is 1.69 bits per heavy atom. The fraction of sp³-hybridized carbons (Fsp3) is 0.250. The quantitative estimate of drug-likeness (QED) is 0.391. The van der Waals surface area contributed by atoms with Crippen molar-refractivity contribution in [2.24, 2.45) is 7.05 Å². The van der Waals surface area contributed by atoms with E-state index < -0.39 is 0 Å². The van der Waals surface area contributed by atoms with Gasteiger partial charge in [0.05, 0.1) is 11.1 Å². The molecule has 4 aromatic rings. The Hall–Kier alpha value is -3.97. The highest BCUT2D eigenvalue weighted by molar-refractivity contribution is 6.08. The zero-order valence-corrected chi connectivity index (χ0v) is 20.2. The maximum atomic E-state index is 12.0. The number of benzene rings is 2. The van der Waals surface area contributed by atoms with Crippen molar-refractivity contribution < 1.29 is 4.79 Å². The lowest BCUT2D eigenvalue weighted by atomic mass is 9.97. The van der Waals surface area contributed by atoms with Crippen LogP contribution in [0.3, 0.4) is 0 Å². The van der Waals surface area contributed by atoms with Crippen LogP contribution in [0.25, 0.3) is 33.4 Å². The van der Waals surface area contributed by atoms with Crippen LogP contribution in [0.4, 0.5) is 11.5 Å². The smallest absolute Gasteiger partial charge is 0.250 e. The van der Waals surface area contributed by atoms with Gasteiger partial charge in [0.25, 0.3) is 5.91 Å². The second-order valence-corrected chi connectivity index (χ2v) is 9.23. The summed E-state index contributed by atoms with van der Waals surface area (Å²) in [5.74, 6) is 0.262. The summed E-state index contributed by atoms with van der Waals surface area (Å²) in [6, 6.07) is 16.5. The summed E-state index contributed by atoms with van der Waals surface area (Å²) in [6.07, 6.45) is 4.07. The van der Waals surface area contributed by atoms with E-state index in [0.29, 0.717) is 17.1 Å². The molecule has 5 rings (SSSR count). The van der Waals surface area contributed by atoms with Crippen LogP contribution in [0.5, 0.6) is 0 Å². The zero-order valence-electron chi connectivity index (χ0n) is 20.2. The lowest BCUT2D eigenvalue weighted by Gasteiger charge is -2.15. The first-order chi connectivity index (χ1) is 16.9. The minimum Gasteiger partial charge on any atom is -0.383 e. The molecule has 0 atom stereocenters. The van der Waals surface area contributed by atoms with Gasteiger partial charge in [-0.3, -0.25) is 9.69 Å². The Morgan fingerprint density at radius 3 is 2.34 bits per heavy atom. The number of nitrogen functional groups attached to an aromatic ring is 1. The molecular formula is C28H30N6O. The average Bonchev–Trinajstić information content (AvgIpc) is 3.47. The molecule has 1 aliphatic heterocycles. The Bertz CT molecular complexity index is 1400. The molecule has 1 amide bonds. The third-order valence-electron chi connectivity index (χ3n) is 6.65. The van der Waals surface area contributed by atoms with Gasteiger partial charge < -0.3 is 15.6 Å². The molecule has 0 unspecified atom stereocenters. The number of likely N-dealkylation sites (tertiary alicyclic amines) is 1. The molecule has 35 heavy (non-hydrogen) atoms. The summed E-state index contributed by atoms with van der Waals surface area (Å²) in [6.45, 7) is 8.71. The number of amides is 1. The first-order valence-corrected chi connectivity index (χ1v) is 11.9. The number of nitrogens with one attached hydrogen (secondary N) is 1. The molecule has 0 saturated carbocycles. The second-order valence-electron chi connectivity index (χ2n) is 9.23. The molecule has 7 heteroatoms. The van der Waals surface area contributed by atoms with Gasteiger partial charge in [-0.15, -0.1) is 0 Å². The monoisotopic (exact) mass is 466 g/mol. The van der Waals surface area contributed by atoms with E-state index >= 15 is 0 Å². The number of nitrogens with zero attached hydrogens (tertiary/aromatic N) is 4. The molecule has 0 spiro atoms. The minimum atomic E-state index is -0.194. The van der Waals surface area contributed by atoms with Crippen LogP contribution in [-0.4, -0.2) is 38.4 Å². The summed E-state index contributed by atoms with van der Waals surface area (Å²) in [5, 5.41) is 3.71. The van der Waals surface area contributed by atoms with E-state index in [1.807, 2.05) is 31.3 Å². The summed E-state index contributed by atoms with van der Waals surface area (Å²) in [7, 11) is 1.99. The largest absolute Gasteiger partial charge is 0.383 e. The molecule has 1 saturated heterocycles. The number of aryl methyl sites for hydroxylation is 1. The molecule has 2 aromatic carbocycles. The van der Waals surface area contributed by atoms with E-state index in [4.69, 9.17) is 5.73 Å². The number of hydrogen-bond acceptors (Lipinski definition) is 5. The first-order valence-electron chi connectivity index (χ1n) is 11.9. The molecule has 0 bridgehead atoms. The van der Waals surface area contributed by atoms with Crippen molar-refractivity contribution in [3.05, 3.63) is 72.6 Å². The van der Waals surface area contributed by atoms with Crippen molar-refractivity contribution in [2.75, 3.05) is 24.1 Å². The summed E-state index contributed by atoms with van der Waals surface area (Å²) in [5.41, 5.74) is 13.7.